The molecule has 0 N–H and O–H groups in total. The molecule has 0 saturated heterocycles. The Bertz CT molecular complexity index is 264. The lowest BCUT2D eigenvalue weighted by molar-refractivity contribution is -0.113. The average Bonchev–Trinajstić information content (AvgIpc) is 2.10. The van der Waals surface area contributed by atoms with Crippen molar-refractivity contribution in [2.24, 2.45) is 11.8 Å². The number of ketones is 1. The van der Waals surface area contributed by atoms with Gasteiger partial charge in [0.15, 0.2) is 5.78 Å². The summed E-state index contributed by atoms with van der Waals surface area (Å²) in [6.45, 7) is 8.50. The molecule has 84 valence electrons. The van der Waals surface area contributed by atoms with E-state index in [2.05, 4.69) is 39.8 Å². The maximum Gasteiger partial charge on any atom is 0.184 e. The highest BCUT2D eigenvalue weighted by molar-refractivity contribution is 6.08. The van der Waals surface area contributed by atoms with Gasteiger partial charge in [-0.15, -0.1) is 0 Å². The van der Waals surface area contributed by atoms with E-state index in [0.717, 1.165) is 30.4 Å². The fraction of sp³-hybridized carbons (Fsp3) is 0.643. The van der Waals surface area contributed by atoms with Crippen LogP contribution in [0.1, 0.15) is 47.0 Å². The molecule has 0 spiro atoms. The Morgan fingerprint density at radius 2 is 1.33 bits per heavy atom. The largest absolute Gasteiger partial charge is 0.289 e. The number of hydrogen-bond donors (Lipinski definition) is 0. The number of Topliss-reactive ketones (excluding diaryl/α,β-unsaturated/α-hetero) is 1. The molecule has 1 rings (SSSR count). The van der Waals surface area contributed by atoms with Crippen LogP contribution >= 0.6 is 0 Å². The maximum absolute atomic E-state index is 12.1. The molecular formula is C14H22O. The molecule has 0 heterocycles. The van der Waals surface area contributed by atoms with Crippen molar-refractivity contribution in [2.45, 2.75) is 47.0 Å². The fourth-order valence-corrected chi connectivity index (χ4v) is 2.03. The van der Waals surface area contributed by atoms with Crippen molar-refractivity contribution in [3.05, 3.63) is 23.3 Å². The minimum atomic E-state index is 0.295. The predicted octanol–water partition coefficient (Wildman–Crippen LogP) is 3.90. The van der Waals surface area contributed by atoms with Crippen molar-refractivity contribution in [1.29, 1.82) is 0 Å². The van der Waals surface area contributed by atoms with Gasteiger partial charge in [-0.1, -0.05) is 39.8 Å². The summed E-state index contributed by atoms with van der Waals surface area (Å²) in [4.78, 5) is 12.1. The first-order valence-electron chi connectivity index (χ1n) is 5.96. The van der Waals surface area contributed by atoms with E-state index in [4.69, 9.17) is 0 Å². The number of hydrogen-bond acceptors (Lipinski definition) is 1. The summed E-state index contributed by atoms with van der Waals surface area (Å²) in [6, 6.07) is 0. The number of carbonyl (C=O) groups excluding carboxylic acids is 1. The Morgan fingerprint density at radius 3 is 1.67 bits per heavy atom. The molecule has 1 aliphatic carbocycles. The molecule has 0 amide bonds. The van der Waals surface area contributed by atoms with E-state index in [-0.39, 0.29) is 0 Å². The fourth-order valence-electron chi connectivity index (χ4n) is 2.03. The Hall–Kier alpha value is -0.850. The van der Waals surface area contributed by atoms with Gasteiger partial charge in [0.1, 0.15) is 0 Å². The van der Waals surface area contributed by atoms with Crippen LogP contribution in [0.15, 0.2) is 23.3 Å². The summed E-state index contributed by atoms with van der Waals surface area (Å²) in [5.74, 6) is 1.24. The lowest BCUT2D eigenvalue weighted by Gasteiger charge is -2.17. The second kappa shape index (κ2) is 5.29. The quantitative estimate of drug-likeness (QED) is 0.626. The van der Waals surface area contributed by atoms with E-state index in [0.29, 0.717) is 17.6 Å². The van der Waals surface area contributed by atoms with Gasteiger partial charge in [0.05, 0.1) is 0 Å². The molecule has 0 atom stereocenters. The lowest BCUT2D eigenvalue weighted by Crippen LogP contribution is -2.14. The predicted molar refractivity (Wildman–Crippen MR) is 64.7 cm³/mol. The van der Waals surface area contributed by atoms with Crippen LogP contribution in [0.25, 0.3) is 0 Å². The van der Waals surface area contributed by atoms with E-state index in [9.17, 15) is 4.79 Å². The molecule has 1 heteroatoms. The summed E-state index contributed by atoms with van der Waals surface area (Å²) in [7, 11) is 0. The molecule has 0 aromatic heterocycles. The third-order valence-electron chi connectivity index (χ3n) is 2.54. The van der Waals surface area contributed by atoms with Gasteiger partial charge in [0.25, 0.3) is 0 Å². The van der Waals surface area contributed by atoms with Gasteiger partial charge in [-0.05, 0) is 42.2 Å². The molecule has 1 fully saturated rings. The number of allylic oxidation sites excluding steroid dienone is 4. The van der Waals surface area contributed by atoms with Crippen LogP contribution in [-0.2, 0) is 4.79 Å². The zero-order valence-electron chi connectivity index (χ0n) is 10.3. The van der Waals surface area contributed by atoms with Crippen molar-refractivity contribution >= 4 is 5.78 Å². The van der Waals surface area contributed by atoms with Crippen LogP contribution in [0.3, 0.4) is 0 Å². The third-order valence-corrected chi connectivity index (χ3v) is 2.54. The smallest absolute Gasteiger partial charge is 0.184 e. The van der Waals surface area contributed by atoms with Gasteiger partial charge in [-0.2, -0.15) is 0 Å². The topological polar surface area (TPSA) is 17.1 Å². The van der Waals surface area contributed by atoms with E-state index in [1.54, 1.807) is 0 Å². The Balaban J connectivity index is 2.85. The van der Waals surface area contributed by atoms with Crippen LogP contribution in [0, 0.1) is 11.8 Å². The molecular weight excluding hydrogens is 184 g/mol. The summed E-state index contributed by atoms with van der Waals surface area (Å²) in [5, 5.41) is 0. The van der Waals surface area contributed by atoms with E-state index in [1.807, 2.05) is 0 Å². The third kappa shape index (κ3) is 3.65. The molecule has 0 bridgehead atoms. The molecule has 1 saturated carbocycles. The van der Waals surface area contributed by atoms with Gasteiger partial charge >= 0.3 is 0 Å². The first-order chi connectivity index (χ1) is 7.00. The SMILES string of the molecule is CC(C)/C=C1\CCC/C(=C\C(C)C)C1=O. The van der Waals surface area contributed by atoms with Crippen LogP contribution < -0.4 is 0 Å². The minimum absolute atomic E-state index is 0.295. The summed E-state index contributed by atoms with van der Waals surface area (Å²) in [5.41, 5.74) is 2.06. The first kappa shape index (κ1) is 12.2. The van der Waals surface area contributed by atoms with E-state index < -0.39 is 0 Å². The number of carbonyl (C=O) groups is 1. The van der Waals surface area contributed by atoms with Crippen molar-refractivity contribution < 1.29 is 4.79 Å². The van der Waals surface area contributed by atoms with Crippen LogP contribution in [-0.4, -0.2) is 5.78 Å². The molecule has 1 nitrogen and oxygen atoms in total. The highest BCUT2D eigenvalue weighted by atomic mass is 16.1. The zero-order valence-corrected chi connectivity index (χ0v) is 10.3. The highest BCUT2D eigenvalue weighted by Crippen LogP contribution is 2.26. The second-order valence-corrected chi connectivity index (χ2v) is 5.05. The van der Waals surface area contributed by atoms with Crippen molar-refractivity contribution in [3.63, 3.8) is 0 Å². The lowest BCUT2D eigenvalue weighted by atomic mass is 9.86. The van der Waals surface area contributed by atoms with Crippen molar-refractivity contribution in [3.8, 4) is 0 Å². The molecule has 0 radical (unpaired) electrons. The second-order valence-electron chi connectivity index (χ2n) is 5.05. The summed E-state index contributed by atoms with van der Waals surface area (Å²) in [6.07, 6.45) is 7.30. The van der Waals surface area contributed by atoms with Crippen LogP contribution in [0.4, 0.5) is 0 Å². The number of rotatable bonds is 2. The Morgan fingerprint density at radius 1 is 0.933 bits per heavy atom. The molecule has 15 heavy (non-hydrogen) atoms. The molecule has 1 aliphatic rings. The monoisotopic (exact) mass is 206 g/mol. The van der Waals surface area contributed by atoms with Crippen molar-refractivity contribution in [1.82, 2.24) is 0 Å². The van der Waals surface area contributed by atoms with Gasteiger partial charge in [0.2, 0.25) is 0 Å². The molecule has 0 aromatic rings. The van der Waals surface area contributed by atoms with Gasteiger partial charge < -0.3 is 0 Å². The first-order valence-corrected chi connectivity index (χ1v) is 5.96. The van der Waals surface area contributed by atoms with E-state index >= 15 is 0 Å². The van der Waals surface area contributed by atoms with Gasteiger partial charge in [-0.25, -0.2) is 0 Å². The zero-order chi connectivity index (χ0) is 11.4. The normalized spacial score (nSPS) is 23.5. The van der Waals surface area contributed by atoms with Crippen LogP contribution in [0.2, 0.25) is 0 Å². The van der Waals surface area contributed by atoms with Gasteiger partial charge in [-0.3, -0.25) is 4.79 Å². The van der Waals surface area contributed by atoms with Crippen LogP contribution in [0.5, 0.6) is 0 Å². The maximum atomic E-state index is 12.1. The Kier molecular flexibility index (Phi) is 4.31. The summed E-state index contributed by atoms with van der Waals surface area (Å²) >= 11 is 0. The standard InChI is InChI=1S/C14H22O/c1-10(2)8-12-6-5-7-13(14(12)15)9-11(3)4/h8-11H,5-7H2,1-4H3/b12-8+,13-9+. The molecule has 0 unspecified atom stereocenters. The average molecular weight is 206 g/mol. The van der Waals surface area contributed by atoms with E-state index in [1.165, 1.54) is 0 Å². The molecule has 0 aliphatic heterocycles. The highest BCUT2D eigenvalue weighted by Gasteiger charge is 2.20. The van der Waals surface area contributed by atoms with Gasteiger partial charge in [0, 0.05) is 0 Å². The summed E-state index contributed by atoms with van der Waals surface area (Å²) < 4.78 is 0. The van der Waals surface area contributed by atoms with Crippen molar-refractivity contribution in [2.75, 3.05) is 0 Å². The minimum Gasteiger partial charge on any atom is -0.289 e. The Labute approximate surface area is 93.3 Å². The molecule has 0 aromatic carbocycles.